The number of anilines is 1. The maximum atomic E-state index is 10.7. The van der Waals surface area contributed by atoms with E-state index in [9.17, 15) is 10.1 Å². The Hall–Kier alpha value is -1.81. The smallest absolute Gasteiger partial charge is 0.305 e. The van der Waals surface area contributed by atoms with E-state index in [0.29, 0.717) is 11.7 Å². The van der Waals surface area contributed by atoms with E-state index in [0.717, 1.165) is 6.54 Å². The molecule has 1 aliphatic rings. The average molecular weight is 278 g/mol. The van der Waals surface area contributed by atoms with Gasteiger partial charge in [-0.25, -0.2) is 4.98 Å². The van der Waals surface area contributed by atoms with Gasteiger partial charge < -0.3 is 5.32 Å². The molecular formula is C12H14N4O2S. The number of pyridine rings is 1. The third-order valence-electron chi connectivity index (χ3n) is 3.09. The van der Waals surface area contributed by atoms with E-state index < -0.39 is 4.92 Å². The van der Waals surface area contributed by atoms with Crippen molar-refractivity contribution < 1.29 is 4.92 Å². The molecule has 100 valence electrons. The van der Waals surface area contributed by atoms with Crippen LogP contribution in [-0.2, 0) is 0 Å². The normalized spacial score (nSPS) is 15.7. The monoisotopic (exact) mass is 278 g/mol. The molecule has 6 nitrogen and oxygen atoms in total. The SMILES string of the molecule is N#Cc1nc(NCC2CCSCC2)ccc1[N+](=O)[O-]. The Labute approximate surface area is 115 Å². The van der Waals surface area contributed by atoms with Crippen LogP contribution in [0.25, 0.3) is 0 Å². The Morgan fingerprint density at radius 3 is 2.89 bits per heavy atom. The lowest BCUT2D eigenvalue weighted by Crippen LogP contribution is -2.19. The van der Waals surface area contributed by atoms with Gasteiger partial charge in [0.05, 0.1) is 4.92 Å². The quantitative estimate of drug-likeness (QED) is 0.671. The number of nitro groups is 1. The minimum absolute atomic E-state index is 0.144. The molecule has 0 aromatic carbocycles. The Morgan fingerprint density at radius 1 is 1.53 bits per heavy atom. The molecule has 1 aromatic rings. The first-order valence-electron chi connectivity index (χ1n) is 6.08. The molecule has 0 saturated carbocycles. The Kier molecular flexibility index (Phi) is 4.58. The summed E-state index contributed by atoms with van der Waals surface area (Å²) in [6.45, 7) is 0.802. The molecule has 1 saturated heterocycles. The number of aromatic nitrogens is 1. The summed E-state index contributed by atoms with van der Waals surface area (Å²) in [5.41, 5.74) is -0.392. The predicted octanol–water partition coefficient (Wildman–Crippen LogP) is 2.42. The molecule has 0 bridgehead atoms. The van der Waals surface area contributed by atoms with E-state index in [-0.39, 0.29) is 11.4 Å². The minimum atomic E-state index is -0.590. The van der Waals surface area contributed by atoms with Crippen LogP contribution in [0, 0.1) is 27.4 Å². The molecule has 0 amide bonds. The molecule has 0 atom stereocenters. The number of nitrogens with zero attached hydrogens (tertiary/aromatic N) is 3. The lowest BCUT2D eigenvalue weighted by Gasteiger charge is -2.21. The summed E-state index contributed by atoms with van der Waals surface area (Å²) in [5.74, 6) is 3.51. The highest BCUT2D eigenvalue weighted by atomic mass is 32.2. The van der Waals surface area contributed by atoms with E-state index in [1.807, 2.05) is 11.8 Å². The average Bonchev–Trinajstić information content (AvgIpc) is 2.45. The first-order chi connectivity index (χ1) is 9.20. The third-order valence-corrected chi connectivity index (χ3v) is 4.14. The van der Waals surface area contributed by atoms with E-state index >= 15 is 0 Å². The highest BCUT2D eigenvalue weighted by molar-refractivity contribution is 7.99. The zero-order valence-corrected chi connectivity index (χ0v) is 11.2. The molecule has 1 N–H and O–H groups in total. The molecule has 0 unspecified atom stereocenters. The van der Waals surface area contributed by atoms with Crippen molar-refractivity contribution in [1.82, 2.24) is 4.98 Å². The summed E-state index contributed by atoms with van der Waals surface area (Å²) in [7, 11) is 0. The second-order valence-electron chi connectivity index (χ2n) is 4.37. The molecule has 0 spiro atoms. The van der Waals surface area contributed by atoms with Crippen LogP contribution in [0.5, 0.6) is 0 Å². The van der Waals surface area contributed by atoms with Crippen LogP contribution in [-0.4, -0.2) is 28.0 Å². The minimum Gasteiger partial charge on any atom is -0.370 e. The van der Waals surface area contributed by atoms with Gasteiger partial charge in [-0.15, -0.1) is 0 Å². The van der Waals surface area contributed by atoms with Gasteiger partial charge in [0, 0.05) is 12.6 Å². The van der Waals surface area contributed by atoms with Crippen molar-refractivity contribution in [2.75, 3.05) is 23.4 Å². The van der Waals surface area contributed by atoms with Crippen molar-refractivity contribution in [3.63, 3.8) is 0 Å². The first kappa shape index (κ1) is 13.6. The van der Waals surface area contributed by atoms with Crippen LogP contribution in [0.1, 0.15) is 18.5 Å². The molecular weight excluding hydrogens is 264 g/mol. The van der Waals surface area contributed by atoms with Gasteiger partial charge in [0.2, 0.25) is 5.69 Å². The van der Waals surface area contributed by atoms with E-state index in [1.54, 1.807) is 12.1 Å². The molecule has 0 radical (unpaired) electrons. The molecule has 7 heteroatoms. The van der Waals surface area contributed by atoms with Gasteiger partial charge in [0.1, 0.15) is 11.9 Å². The molecule has 2 rings (SSSR count). The van der Waals surface area contributed by atoms with Crippen molar-refractivity contribution in [3.05, 3.63) is 27.9 Å². The number of hydrogen-bond acceptors (Lipinski definition) is 6. The standard InChI is InChI=1S/C12H14N4O2S/c13-7-10-11(16(17)18)1-2-12(15-10)14-8-9-3-5-19-6-4-9/h1-2,9H,3-6,8H2,(H,14,15). The summed E-state index contributed by atoms with van der Waals surface area (Å²) in [6.07, 6.45) is 2.35. The van der Waals surface area contributed by atoms with Crippen LogP contribution in [0.2, 0.25) is 0 Å². The first-order valence-corrected chi connectivity index (χ1v) is 7.23. The van der Waals surface area contributed by atoms with Crippen molar-refractivity contribution in [2.24, 2.45) is 5.92 Å². The van der Waals surface area contributed by atoms with Gasteiger partial charge in [-0.1, -0.05) is 0 Å². The molecule has 0 aliphatic carbocycles. The number of thioether (sulfide) groups is 1. The maximum Gasteiger partial charge on any atom is 0.305 e. The molecule has 1 fully saturated rings. The summed E-state index contributed by atoms with van der Waals surface area (Å²) >= 11 is 1.97. The Bertz CT molecular complexity index is 509. The van der Waals surface area contributed by atoms with Gasteiger partial charge in [-0.2, -0.15) is 17.0 Å². The lowest BCUT2D eigenvalue weighted by atomic mass is 10.0. The van der Waals surface area contributed by atoms with Gasteiger partial charge in [0.15, 0.2) is 0 Å². The van der Waals surface area contributed by atoms with Crippen molar-refractivity contribution in [2.45, 2.75) is 12.8 Å². The zero-order valence-electron chi connectivity index (χ0n) is 10.3. The van der Waals surface area contributed by atoms with Crippen LogP contribution in [0.15, 0.2) is 12.1 Å². The maximum absolute atomic E-state index is 10.7. The summed E-state index contributed by atoms with van der Waals surface area (Å²) in [5, 5.41) is 22.7. The molecule has 1 aliphatic heterocycles. The van der Waals surface area contributed by atoms with Crippen molar-refractivity contribution in [1.29, 1.82) is 5.26 Å². The summed E-state index contributed by atoms with van der Waals surface area (Å²) in [6, 6.07) is 4.64. The molecule has 1 aromatic heterocycles. The van der Waals surface area contributed by atoms with Crippen molar-refractivity contribution >= 4 is 23.3 Å². The van der Waals surface area contributed by atoms with Gasteiger partial charge in [-0.05, 0) is 36.3 Å². The van der Waals surface area contributed by atoms with Gasteiger partial charge >= 0.3 is 5.69 Å². The summed E-state index contributed by atoms with van der Waals surface area (Å²) < 4.78 is 0. The topological polar surface area (TPSA) is 91.8 Å². The highest BCUT2D eigenvalue weighted by Crippen LogP contribution is 2.23. The number of hydrogen-bond donors (Lipinski definition) is 1. The lowest BCUT2D eigenvalue weighted by molar-refractivity contribution is -0.385. The largest absolute Gasteiger partial charge is 0.370 e. The second-order valence-corrected chi connectivity index (χ2v) is 5.59. The fraction of sp³-hybridized carbons (Fsp3) is 0.500. The molecule has 2 heterocycles. The van der Waals surface area contributed by atoms with Crippen LogP contribution < -0.4 is 5.32 Å². The number of nitriles is 1. The van der Waals surface area contributed by atoms with E-state index in [4.69, 9.17) is 5.26 Å². The second kappa shape index (κ2) is 6.38. The van der Waals surface area contributed by atoms with Crippen LogP contribution >= 0.6 is 11.8 Å². The van der Waals surface area contributed by atoms with Gasteiger partial charge in [0.25, 0.3) is 0 Å². The Balaban J connectivity index is 2.01. The van der Waals surface area contributed by atoms with Gasteiger partial charge in [-0.3, -0.25) is 10.1 Å². The van der Waals surface area contributed by atoms with Crippen LogP contribution in [0.4, 0.5) is 11.5 Å². The van der Waals surface area contributed by atoms with Crippen molar-refractivity contribution in [3.8, 4) is 6.07 Å². The zero-order chi connectivity index (χ0) is 13.7. The predicted molar refractivity (Wildman–Crippen MR) is 74.1 cm³/mol. The highest BCUT2D eigenvalue weighted by Gasteiger charge is 2.17. The third kappa shape index (κ3) is 3.58. The fourth-order valence-corrected chi connectivity index (χ4v) is 3.18. The molecule has 19 heavy (non-hydrogen) atoms. The number of rotatable bonds is 4. The van der Waals surface area contributed by atoms with Crippen LogP contribution in [0.3, 0.4) is 0 Å². The van der Waals surface area contributed by atoms with E-state index in [1.165, 1.54) is 30.4 Å². The summed E-state index contributed by atoms with van der Waals surface area (Å²) in [4.78, 5) is 14.1. The Morgan fingerprint density at radius 2 is 2.26 bits per heavy atom. The fourth-order valence-electron chi connectivity index (χ4n) is 1.98. The van der Waals surface area contributed by atoms with E-state index in [2.05, 4.69) is 10.3 Å². The number of nitrogens with one attached hydrogen (secondary N) is 1.